The lowest BCUT2D eigenvalue weighted by Gasteiger charge is -2.23. The van der Waals surface area contributed by atoms with Gasteiger partial charge in [0.15, 0.2) is 0 Å². The van der Waals surface area contributed by atoms with E-state index in [1.165, 1.54) is 17.8 Å². The number of amides is 2. The first-order valence-electron chi connectivity index (χ1n) is 10.3. The molecule has 1 aromatic heterocycles. The summed E-state index contributed by atoms with van der Waals surface area (Å²) < 4.78 is 10.3. The maximum Gasteiger partial charge on any atom is 0.338 e. The zero-order valence-electron chi connectivity index (χ0n) is 17.7. The van der Waals surface area contributed by atoms with Gasteiger partial charge in [-0.25, -0.2) is 4.79 Å². The third-order valence-electron chi connectivity index (χ3n) is 5.06. The summed E-state index contributed by atoms with van der Waals surface area (Å²) in [5.74, 6) is 0.349. The standard InChI is InChI=1S/C24H21ClN2O5S/c1-2-31-24(30)17-9-10-20(19(25)12-17)26-22(29)15-5-7-16(8-6-15)23-27(21(28)14-33-23)13-18-4-3-11-32-18/h3-12,23H,2,13-14H2,1H3,(H,26,29). The van der Waals surface area contributed by atoms with Gasteiger partial charge in [0.2, 0.25) is 5.91 Å². The fraction of sp³-hybridized carbons (Fsp3) is 0.208. The second kappa shape index (κ2) is 10.1. The number of hydrogen-bond acceptors (Lipinski definition) is 6. The van der Waals surface area contributed by atoms with Crippen LogP contribution in [0.1, 0.15) is 44.3 Å². The van der Waals surface area contributed by atoms with Crippen LogP contribution in [0.5, 0.6) is 0 Å². The van der Waals surface area contributed by atoms with E-state index in [9.17, 15) is 14.4 Å². The Balaban J connectivity index is 1.44. The fourth-order valence-electron chi connectivity index (χ4n) is 3.42. The summed E-state index contributed by atoms with van der Waals surface area (Å²) in [7, 11) is 0. The Hall–Kier alpha value is -3.23. The average Bonchev–Trinajstić information content (AvgIpc) is 3.46. The normalized spacial score (nSPS) is 15.5. The van der Waals surface area contributed by atoms with Crippen molar-refractivity contribution in [2.24, 2.45) is 0 Å². The molecule has 170 valence electrons. The summed E-state index contributed by atoms with van der Waals surface area (Å²) in [5.41, 5.74) is 2.06. The van der Waals surface area contributed by atoms with Crippen molar-refractivity contribution >= 4 is 46.8 Å². The van der Waals surface area contributed by atoms with Crippen LogP contribution in [-0.2, 0) is 16.1 Å². The van der Waals surface area contributed by atoms with Gasteiger partial charge >= 0.3 is 5.97 Å². The molecule has 2 aromatic carbocycles. The highest BCUT2D eigenvalue weighted by Crippen LogP contribution is 2.39. The lowest BCUT2D eigenvalue weighted by Crippen LogP contribution is -2.27. The number of benzene rings is 2. The van der Waals surface area contributed by atoms with Crippen molar-refractivity contribution in [2.45, 2.75) is 18.8 Å². The van der Waals surface area contributed by atoms with Gasteiger partial charge in [0.05, 0.1) is 41.4 Å². The van der Waals surface area contributed by atoms with E-state index in [4.69, 9.17) is 20.8 Å². The maximum absolute atomic E-state index is 12.7. The molecule has 0 radical (unpaired) electrons. The van der Waals surface area contributed by atoms with Gasteiger partial charge in [-0.05, 0) is 55.0 Å². The molecule has 2 heterocycles. The molecule has 0 bridgehead atoms. The van der Waals surface area contributed by atoms with E-state index in [0.717, 1.165) is 11.3 Å². The van der Waals surface area contributed by atoms with Gasteiger partial charge in [0.25, 0.3) is 5.91 Å². The lowest BCUT2D eigenvalue weighted by atomic mass is 10.1. The molecular weight excluding hydrogens is 464 g/mol. The Morgan fingerprint density at radius 1 is 1.18 bits per heavy atom. The molecule has 1 N–H and O–H groups in total. The highest BCUT2D eigenvalue weighted by molar-refractivity contribution is 8.00. The molecule has 1 aliphatic heterocycles. The molecule has 33 heavy (non-hydrogen) atoms. The predicted molar refractivity (Wildman–Crippen MR) is 126 cm³/mol. The van der Waals surface area contributed by atoms with Crippen molar-refractivity contribution in [3.05, 3.63) is 88.3 Å². The van der Waals surface area contributed by atoms with E-state index in [2.05, 4.69) is 5.32 Å². The number of rotatable bonds is 7. The zero-order chi connectivity index (χ0) is 23.4. The van der Waals surface area contributed by atoms with Gasteiger partial charge in [0, 0.05) is 5.56 Å². The van der Waals surface area contributed by atoms with Crippen molar-refractivity contribution in [3.8, 4) is 0 Å². The number of ether oxygens (including phenoxy) is 1. The molecule has 9 heteroatoms. The minimum absolute atomic E-state index is 0.0455. The number of anilines is 1. The highest BCUT2D eigenvalue weighted by Gasteiger charge is 2.33. The van der Waals surface area contributed by atoms with Crippen LogP contribution in [0.15, 0.2) is 65.3 Å². The second-order valence-corrected chi connectivity index (χ2v) is 8.73. The number of esters is 1. The van der Waals surface area contributed by atoms with Crippen LogP contribution < -0.4 is 5.32 Å². The van der Waals surface area contributed by atoms with Gasteiger partial charge in [-0.3, -0.25) is 9.59 Å². The van der Waals surface area contributed by atoms with E-state index in [0.29, 0.717) is 29.1 Å². The molecule has 1 unspecified atom stereocenters. The summed E-state index contributed by atoms with van der Waals surface area (Å²) in [5, 5.41) is 2.84. The minimum Gasteiger partial charge on any atom is -0.467 e. The molecule has 1 fully saturated rings. The van der Waals surface area contributed by atoms with Crippen molar-refractivity contribution in [3.63, 3.8) is 0 Å². The molecule has 4 rings (SSSR count). The van der Waals surface area contributed by atoms with Crippen molar-refractivity contribution in [1.29, 1.82) is 0 Å². The van der Waals surface area contributed by atoms with E-state index in [1.807, 2.05) is 18.2 Å². The quantitative estimate of drug-likeness (QED) is 0.467. The Morgan fingerprint density at radius 2 is 1.94 bits per heavy atom. The van der Waals surface area contributed by atoms with Crippen LogP contribution in [-0.4, -0.2) is 35.0 Å². The van der Waals surface area contributed by atoms with Gasteiger partial charge in [-0.15, -0.1) is 11.8 Å². The second-order valence-electron chi connectivity index (χ2n) is 7.26. The number of carbonyl (C=O) groups is 3. The molecule has 1 saturated heterocycles. The van der Waals surface area contributed by atoms with Crippen molar-refractivity contribution < 1.29 is 23.5 Å². The number of hydrogen-bond donors (Lipinski definition) is 1. The Bertz CT molecular complexity index is 1160. The van der Waals surface area contributed by atoms with Crippen LogP contribution in [0.4, 0.5) is 5.69 Å². The van der Waals surface area contributed by atoms with E-state index in [1.54, 1.807) is 48.4 Å². The molecule has 1 aliphatic rings. The molecule has 0 spiro atoms. The van der Waals surface area contributed by atoms with Crippen LogP contribution in [0.2, 0.25) is 5.02 Å². The first kappa shape index (κ1) is 22.9. The monoisotopic (exact) mass is 484 g/mol. The summed E-state index contributed by atoms with van der Waals surface area (Å²) in [6, 6.07) is 15.3. The maximum atomic E-state index is 12.7. The van der Waals surface area contributed by atoms with E-state index >= 15 is 0 Å². The molecule has 3 aromatic rings. The molecule has 0 aliphatic carbocycles. The Morgan fingerprint density at radius 3 is 2.61 bits per heavy atom. The highest BCUT2D eigenvalue weighted by atomic mass is 35.5. The smallest absolute Gasteiger partial charge is 0.338 e. The van der Waals surface area contributed by atoms with Gasteiger partial charge < -0.3 is 19.4 Å². The number of carbonyl (C=O) groups excluding carboxylic acids is 3. The van der Waals surface area contributed by atoms with Gasteiger partial charge in [-0.2, -0.15) is 0 Å². The summed E-state index contributed by atoms with van der Waals surface area (Å²) in [6.07, 6.45) is 1.59. The number of halogens is 1. The number of nitrogens with zero attached hydrogens (tertiary/aromatic N) is 1. The van der Waals surface area contributed by atoms with Gasteiger partial charge in [-0.1, -0.05) is 23.7 Å². The lowest BCUT2D eigenvalue weighted by molar-refractivity contribution is -0.128. The first-order valence-corrected chi connectivity index (χ1v) is 11.7. The van der Waals surface area contributed by atoms with Crippen LogP contribution >= 0.6 is 23.4 Å². The Labute approximate surface area is 200 Å². The zero-order valence-corrected chi connectivity index (χ0v) is 19.3. The first-order chi connectivity index (χ1) is 16.0. The summed E-state index contributed by atoms with van der Waals surface area (Å²) in [4.78, 5) is 38.7. The molecule has 0 saturated carbocycles. The van der Waals surface area contributed by atoms with E-state index in [-0.39, 0.29) is 28.8 Å². The number of nitrogens with one attached hydrogen (secondary N) is 1. The molecule has 7 nitrogen and oxygen atoms in total. The van der Waals surface area contributed by atoms with Crippen molar-refractivity contribution in [2.75, 3.05) is 17.7 Å². The molecule has 1 atom stereocenters. The Kier molecular flexibility index (Phi) is 7.05. The third kappa shape index (κ3) is 5.23. The number of thioether (sulfide) groups is 1. The summed E-state index contributed by atoms with van der Waals surface area (Å²) in [6.45, 7) is 2.38. The topological polar surface area (TPSA) is 88.8 Å². The third-order valence-corrected chi connectivity index (χ3v) is 6.63. The van der Waals surface area contributed by atoms with Crippen molar-refractivity contribution in [1.82, 2.24) is 4.90 Å². The minimum atomic E-state index is -0.475. The van der Waals surface area contributed by atoms with E-state index < -0.39 is 5.97 Å². The van der Waals surface area contributed by atoms with Crippen LogP contribution in [0, 0.1) is 0 Å². The van der Waals surface area contributed by atoms with Crippen LogP contribution in [0.3, 0.4) is 0 Å². The van der Waals surface area contributed by atoms with Gasteiger partial charge in [0.1, 0.15) is 11.1 Å². The number of furan rings is 1. The SMILES string of the molecule is CCOC(=O)c1ccc(NC(=O)c2ccc(C3SCC(=O)N3Cc3ccco3)cc2)c(Cl)c1. The fourth-order valence-corrected chi connectivity index (χ4v) is 4.84. The molecule has 2 amide bonds. The largest absolute Gasteiger partial charge is 0.467 e. The summed E-state index contributed by atoms with van der Waals surface area (Å²) >= 11 is 7.77. The predicted octanol–water partition coefficient (Wildman–Crippen LogP) is 5.14. The molecular formula is C24H21ClN2O5S. The average molecular weight is 485 g/mol. The van der Waals surface area contributed by atoms with Crippen LogP contribution in [0.25, 0.3) is 0 Å².